The fourth-order valence-corrected chi connectivity index (χ4v) is 2.28. The molecule has 90 valence electrons. The first-order chi connectivity index (χ1) is 8.70. The number of hydrogen-bond acceptors (Lipinski definition) is 4. The van der Waals surface area contributed by atoms with Gasteiger partial charge < -0.3 is 9.52 Å². The molecule has 1 N–H and O–H groups in total. The zero-order valence-corrected chi connectivity index (χ0v) is 10.1. The molecule has 4 nitrogen and oxygen atoms in total. The summed E-state index contributed by atoms with van der Waals surface area (Å²) in [4.78, 5) is 10.6. The van der Waals surface area contributed by atoms with E-state index >= 15 is 0 Å². The van der Waals surface area contributed by atoms with Crippen LogP contribution in [0.1, 0.15) is 21.7 Å². The summed E-state index contributed by atoms with van der Waals surface area (Å²) >= 11 is 1.36. The van der Waals surface area contributed by atoms with E-state index in [2.05, 4.69) is 6.07 Å². The van der Waals surface area contributed by atoms with E-state index in [0.29, 0.717) is 16.4 Å². The van der Waals surface area contributed by atoms with Crippen molar-refractivity contribution in [1.29, 1.82) is 5.26 Å². The van der Waals surface area contributed by atoms with E-state index in [0.717, 1.165) is 5.56 Å². The van der Waals surface area contributed by atoms with Gasteiger partial charge >= 0.3 is 5.97 Å². The molecular formula is C13H9NO3S. The Morgan fingerprint density at radius 3 is 2.78 bits per heavy atom. The van der Waals surface area contributed by atoms with Gasteiger partial charge in [-0.1, -0.05) is 30.0 Å². The minimum atomic E-state index is -1.08. The highest BCUT2D eigenvalue weighted by atomic mass is 32.2. The summed E-state index contributed by atoms with van der Waals surface area (Å²) in [5, 5.41) is 18.2. The van der Waals surface area contributed by atoms with Gasteiger partial charge in [0.25, 0.3) is 0 Å². The second kappa shape index (κ2) is 5.43. The Balaban J connectivity index is 2.07. The fourth-order valence-electron chi connectivity index (χ4n) is 1.42. The number of furan rings is 1. The first-order valence-electron chi connectivity index (χ1n) is 5.14. The average Bonchev–Trinajstić information content (AvgIpc) is 2.85. The Kier molecular flexibility index (Phi) is 3.70. The molecule has 0 amide bonds. The van der Waals surface area contributed by atoms with Crippen LogP contribution in [0.3, 0.4) is 0 Å². The Morgan fingerprint density at radius 2 is 2.11 bits per heavy atom. The summed E-state index contributed by atoms with van der Waals surface area (Å²) in [5.74, 6) is -0.596. The van der Waals surface area contributed by atoms with Crippen LogP contribution in [0.5, 0.6) is 0 Å². The first kappa shape index (κ1) is 12.3. The number of rotatable bonds is 4. The zero-order chi connectivity index (χ0) is 13.0. The summed E-state index contributed by atoms with van der Waals surface area (Å²) in [6, 6.07) is 12.4. The predicted octanol–water partition coefficient (Wildman–Crippen LogP) is 3.14. The molecule has 0 atom stereocenters. The zero-order valence-electron chi connectivity index (χ0n) is 9.29. The van der Waals surface area contributed by atoms with Gasteiger partial charge in [0.2, 0.25) is 5.76 Å². The van der Waals surface area contributed by atoms with Crippen LogP contribution < -0.4 is 0 Å². The molecule has 5 heteroatoms. The molecule has 2 aromatic rings. The minimum absolute atomic E-state index is 0.0777. The van der Waals surface area contributed by atoms with Crippen molar-refractivity contribution >= 4 is 17.7 Å². The number of aromatic carboxylic acids is 1. The third kappa shape index (κ3) is 2.73. The number of carbonyl (C=O) groups is 1. The highest BCUT2D eigenvalue weighted by Gasteiger charge is 2.10. The molecule has 18 heavy (non-hydrogen) atoms. The van der Waals surface area contributed by atoms with Crippen molar-refractivity contribution in [2.45, 2.75) is 10.8 Å². The van der Waals surface area contributed by atoms with Crippen LogP contribution in [0.4, 0.5) is 0 Å². The van der Waals surface area contributed by atoms with Gasteiger partial charge in [0.15, 0.2) is 5.09 Å². The van der Waals surface area contributed by atoms with E-state index in [1.54, 1.807) is 12.1 Å². The quantitative estimate of drug-likeness (QED) is 0.854. The van der Waals surface area contributed by atoms with Crippen molar-refractivity contribution < 1.29 is 14.3 Å². The molecule has 0 aliphatic carbocycles. The van der Waals surface area contributed by atoms with E-state index in [1.807, 2.05) is 18.2 Å². The smallest absolute Gasteiger partial charge is 0.371 e. The molecular weight excluding hydrogens is 250 g/mol. The lowest BCUT2D eigenvalue weighted by atomic mass is 10.1. The van der Waals surface area contributed by atoms with Crippen LogP contribution in [0.25, 0.3) is 0 Å². The van der Waals surface area contributed by atoms with Gasteiger partial charge in [-0.3, -0.25) is 0 Å². The third-order valence-electron chi connectivity index (χ3n) is 2.30. The molecule has 1 aromatic carbocycles. The highest BCUT2D eigenvalue weighted by Crippen LogP contribution is 2.26. The molecule has 2 rings (SSSR count). The van der Waals surface area contributed by atoms with Crippen molar-refractivity contribution in [2.24, 2.45) is 0 Å². The van der Waals surface area contributed by atoms with Gasteiger partial charge in [-0.15, -0.1) is 0 Å². The molecule has 0 bridgehead atoms. The SMILES string of the molecule is N#Cc1ccccc1CSc1ccc(C(=O)O)o1. The van der Waals surface area contributed by atoms with Crippen LogP contribution in [-0.4, -0.2) is 11.1 Å². The molecule has 1 heterocycles. The van der Waals surface area contributed by atoms with E-state index in [-0.39, 0.29) is 5.76 Å². The predicted molar refractivity (Wildman–Crippen MR) is 66.4 cm³/mol. The lowest BCUT2D eigenvalue weighted by Gasteiger charge is -2.01. The van der Waals surface area contributed by atoms with Crippen molar-refractivity contribution in [3.8, 4) is 6.07 Å². The summed E-state index contributed by atoms with van der Waals surface area (Å²) in [7, 11) is 0. The standard InChI is InChI=1S/C13H9NO3S/c14-7-9-3-1-2-4-10(9)8-18-12-6-5-11(17-12)13(15)16/h1-6H,8H2,(H,15,16). The van der Waals surface area contributed by atoms with Gasteiger partial charge in [0, 0.05) is 5.75 Å². The molecule has 0 aliphatic rings. The van der Waals surface area contributed by atoms with Crippen molar-refractivity contribution in [3.63, 3.8) is 0 Å². The second-order valence-electron chi connectivity index (χ2n) is 3.48. The number of benzene rings is 1. The van der Waals surface area contributed by atoms with Crippen LogP contribution in [0.15, 0.2) is 45.9 Å². The van der Waals surface area contributed by atoms with Gasteiger partial charge in [-0.25, -0.2) is 4.79 Å². The molecule has 0 aliphatic heterocycles. The number of carboxylic acid groups (broad SMARTS) is 1. The Labute approximate surface area is 108 Å². The Bertz CT molecular complexity index is 613. The van der Waals surface area contributed by atoms with E-state index < -0.39 is 5.97 Å². The van der Waals surface area contributed by atoms with Gasteiger partial charge in [-0.2, -0.15) is 5.26 Å². The van der Waals surface area contributed by atoms with E-state index in [4.69, 9.17) is 14.8 Å². The lowest BCUT2D eigenvalue weighted by molar-refractivity contribution is 0.0656. The van der Waals surface area contributed by atoms with Crippen molar-refractivity contribution in [3.05, 3.63) is 53.3 Å². The molecule has 0 fully saturated rings. The van der Waals surface area contributed by atoms with Crippen LogP contribution in [0.2, 0.25) is 0 Å². The van der Waals surface area contributed by atoms with E-state index in [9.17, 15) is 4.79 Å². The Hall–Kier alpha value is -2.19. The highest BCUT2D eigenvalue weighted by molar-refractivity contribution is 7.98. The summed E-state index contributed by atoms with van der Waals surface area (Å²) in [6.45, 7) is 0. The lowest BCUT2D eigenvalue weighted by Crippen LogP contribution is -1.91. The van der Waals surface area contributed by atoms with Gasteiger partial charge in [0.1, 0.15) is 0 Å². The van der Waals surface area contributed by atoms with Crippen LogP contribution in [-0.2, 0) is 5.75 Å². The summed E-state index contributed by atoms with van der Waals surface area (Å²) < 4.78 is 5.12. The third-order valence-corrected chi connectivity index (χ3v) is 3.26. The van der Waals surface area contributed by atoms with Gasteiger partial charge in [-0.05, 0) is 23.8 Å². The molecule has 0 saturated heterocycles. The number of carboxylic acids is 1. The maximum Gasteiger partial charge on any atom is 0.371 e. The molecule has 0 spiro atoms. The normalized spacial score (nSPS) is 9.94. The number of hydrogen-bond donors (Lipinski definition) is 1. The number of thioether (sulfide) groups is 1. The second-order valence-corrected chi connectivity index (χ2v) is 4.46. The summed E-state index contributed by atoms with van der Waals surface area (Å²) in [6.07, 6.45) is 0. The van der Waals surface area contributed by atoms with Gasteiger partial charge in [0.05, 0.1) is 11.6 Å². The molecule has 1 aromatic heterocycles. The molecule has 0 saturated carbocycles. The van der Waals surface area contributed by atoms with Crippen molar-refractivity contribution in [2.75, 3.05) is 0 Å². The minimum Gasteiger partial charge on any atom is -0.475 e. The molecule has 0 radical (unpaired) electrons. The fraction of sp³-hybridized carbons (Fsp3) is 0.0769. The number of nitriles is 1. The monoisotopic (exact) mass is 259 g/mol. The molecule has 0 unspecified atom stereocenters. The maximum absolute atomic E-state index is 10.6. The topological polar surface area (TPSA) is 74.2 Å². The van der Waals surface area contributed by atoms with E-state index in [1.165, 1.54) is 17.8 Å². The Morgan fingerprint density at radius 1 is 1.33 bits per heavy atom. The van der Waals surface area contributed by atoms with Crippen LogP contribution >= 0.6 is 11.8 Å². The summed E-state index contributed by atoms with van der Waals surface area (Å²) in [5.41, 5.74) is 1.52. The van der Waals surface area contributed by atoms with Crippen LogP contribution in [0, 0.1) is 11.3 Å². The number of nitrogens with zero attached hydrogens (tertiary/aromatic N) is 1. The largest absolute Gasteiger partial charge is 0.475 e. The maximum atomic E-state index is 10.6. The average molecular weight is 259 g/mol. The van der Waals surface area contributed by atoms with Crippen molar-refractivity contribution in [1.82, 2.24) is 0 Å². The first-order valence-corrected chi connectivity index (χ1v) is 6.13.